The van der Waals surface area contributed by atoms with E-state index in [-0.39, 0.29) is 17.7 Å². The number of allylic oxidation sites excluding steroid dienone is 2. The predicted molar refractivity (Wildman–Crippen MR) is 167 cm³/mol. The second-order valence-corrected chi connectivity index (χ2v) is 11.4. The van der Waals surface area contributed by atoms with Gasteiger partial charge in [-0.05, 0) is 43.7 Å². The van der Waals surface area contributed by atoms with E-state index in [1.807, 2.05) is 49.4 Å². The molecule has 1 unspecified atom stereocenters. The molecule has 0 radical (unpaired) electrons. The van der Waals surface area contributed by atoms with E-state index in [4.69, 9.17) is 9.47 Å². The number of nitrogens with one attached hydrogen (secondary N) is 2. The van der Waals surface area contributed by atoms with Crippen LogP contribution < -0.4 is 24.7 Å². The Hall–Kier alpha value is -4.69. The summed E-state index contributed by atoms with van der Waals surface area (Å²) in [4.78, 5) is 36.0. The number of fused-ring (bicyclic) bond motifs is 5. The SMILES string of the molecule is COc1ccccc1N1CCN(CCCNc2cc3c(c4c2C(=O)c2ccccc2C4=O)[NH+]=C2C=C(C)C=CC2O3)CC1. The zero-order chi connectivity index (χ0) is 29.5. The third kappa shape index (κ3) is 4.91. The zero-order valence-electron chi connectivity index (χ0n) is 24.5. The average molecular weight is 576 g/mol. The standard InChI is InChI=1S/C35H34N4O4/c1-22-12-13-28-25(20-22)37-33-30(43-28)21-26(31-32(33)35(41)24-9-4-3-8-23(24)34(31)40)36-14-7-15-38-16-18-39(19-17-38)27-10-5-6-11-29(27)42-2/h3-6,8-13,20-21,28,36H,7,14-19H2,1-2H3/p+1. The van der Waals surface area contributed by atoms with Crippen molar-refractivity contribution in [2.24, 2.45) is 0 Å². The third-order valence-corrected chi connectivity index (χ3v) is 8.67. The Morgan fingerprint density at radius 3 is 2.47 bits per heavy atom. The van der Waals surface area contributed by atoms with Gasteiger partial charge in [0.1, 0.15) is 11.3 Å². The highest BCUT2D eigenvalue weighted by Gasteiger charge is 2.41. The lowest BCUT2D eigenvalue weighted by atomic mass is 9.81. The Kier molecular flexibility index (Phi) is 7.07. The van der Waals surface area contributed by atoms with Gasteiger partial charge in [0, 0.05) is 56.0 Å². The van der Waals surface area contributed by atoms with Crippen LogP contribution in [0.15, 0.2) is 78.4 Å². The normalized spacial score (nSPS) is 18.9. The molecule has 4 aliphatic rings. The fourth-order valence-corrected chi connectivity index (χ4v) is 6.46. The minimum atomic E-state index is -0.265. The van der Waals surface area contributed by atoms with Crippen LogP contribution >= 0.6 is 0 Å². The first-order chi connectivity index (χ1) is 21.0. The molecule has 8 heteroatoms. The highest BCUT2D eigenvalue weighted by Crippen LogP contribution is 2.41. The minimum absolute atomic E-state index is 0.146. The van der Waals surface area contributed by atoms with Gasteiger partial charge < -0.3 is 19.7 Å². The Morgan fingerprint density at radius 1 is 0.977 bits per heavy atom. The molecule has 7 rings (SSSR count). The van der Waals surface area contributed by atoms with Crippen LogP contribution in [0, 0.1) is 0 Å². The van der Waals surface area contributed by atoms with Gasteiger partial charge in [0.15, 0.2) is 11.5 Å². The zero-order valence-corrected chi connectivity index (χ0v) is 24.5. The minimum Gasteiger partial charge on any atom is -0.495 e. The molecule has 3 aromatic rings. The molecule has 0 saturated carbocycles. The predicted octanol–water partition coefficient (Wildman–Crippen LogP) is 3.53. The number of ether oxygens (including phenoxy) is 2. The molecule has 8 nitrogen and oxygen atoms in total. The van der Waals surface area contributed by atoms with Crippen LogP contribution in [0.5, 0.6) is 11.5 Å². The topological polar surface area (TPSA) is 85.1 Å². The average Bonchev–Trinajstić information content (AvgIpc) is 3.04. The number of hydrogen-bond donors (Lipinski definition) is 2. The molecule has 43 heavy (non-hydrogen) atoms. The number of hydrogen-bond acceptors (Lipinski definition) is 7. The number of carbonyl (C=O) groups is 2. The van der Waals surface area contributed by atoms with Crippen LogP contribution in [0.2, 0.25) is 0 Å². The van der Waals surface area contributed by atoms with Gasteiger partial charge in [-0.1, -0.05) is 42.5 Å². The number of rotatable bonds is 7. The maximum absolute atomic E-state index is 13.9. The Balaban J connectivity index is 1.09. The van der Waals surface area contributed by atoms with Crippen molar-refractivity contribution in [2.45, 2.75) is 19.4 Å². The number of benzene rings is 3. The summed E-state index contributed by atoms with van der Waals surface area (Å²) in [5.74, 6) is 1.16. The van der Waals surface area contributed by atoms with Gasteiger partial charge in [0.25, 0.3) is 5.69 Å². The number of para-hydroxylation sites is 2. The molecule has 0 spiro atoms. The number of piperazine rings is 1. The summed E-state index contributed by atoms with van der Waals surface area (Å²) in [6.07, 6.45) is 6.68. The maximum Gasteiger partial charge on any atom is 0.258 e. The van der Waals surface area contributed by atoms with Gasteiger partial charge in [-0.15, -0.1) is 0 Å². The van der Waals surface area contributed by atoms with Crippen LogP contribution in [0.1, 0.15) is 45.2 Å². The number of methoxy groups -OCH3 is 1. The molecular weight excluding hydrogens is 540 g/mol. The van der Waals surface area contributed by atoms with Gasteiger partial charge >= 0.3 is 0 Å². The number of carbonyl (C=O) groups excluding carboxylic acids is 2. The fourth-order valence-electron chi connectivity index (χ4n) is 6.46. The molecular formula is C35H35N4O4+. The van der Waals surface area contributed by atoms with Gasteiger partial charge in [0.05, 0.1) is 24.0 Å². The second-order valence-electron chi connectivity index (χ2n) is 11.4. The third-order valence-electron chi connectivity index (χ3n) is 8.67. The van der Waals surface area contributed by atoms with E-state index < -0.39 is 0 Å². The highest BCUT2D eigenvalue weighted by atomic mass is 16.5. The molecule has 0 aromatic heterocycles. The van der Waals surface area contributed by atoms with Crippen LogP contribution in [0.25, 0.3) is 0 Å². The molecule has 3 aromatic carbocycles. The summed E-state index contributed by atoms with van der Waals surface area (Å²) < 4.78 is 11.9. The van der Waals surface area contributed by atoms with E-state index >= 15 is 0 Å². The summed E-state index contributed by atoms with van der Waals surface area (Å²) in [7, 11) is 1.72. The summed E-state index contributed by atoms with van der Waals surface area (Å²) in [5, 5.41) is 3.50. The first-order valence-corrected chi connectivity index (χ1v) is 14.9. The van der Waals surface area contributed by atoms with Crippen molar-refractivity contribution in [1.29, 1.82) is 0 Å². The Bertz CT molecular complexity index is 1710. The van der Waals surface area contributed by atoms with Crippen molar-refractivity contribution in [2.75, 3.05) is 56.6 Å². The fraction of sp³-hybridized carbons (Fsp3) is 0.286. The van der Waals surface area contributed by atoms with Crippen LogP contribution in [-0.4, -0.2) is 74.7 Å². The van der Waals surface area contributed by atoms with Gasteiger partial charge in [-0.25, -0.2) is 4.99 Å². The summed E-state index contributed by atoms with van der Waals surface area (Å²) in [6.45, 7) is 7.44. The van der Waals surface area contributed by atoms with Crippen molar-refractivity contribution in [1.82, 2.24) is 4.90 Å². The summed E-state index contributed by atoms with van der Waals surface area (Å²) >= 11 is 0. The molecule has 0 bridgehead atoms. The lowest BCUT2D eigenvalue weighted by Gasteiger charge is -2.36. The van der Waals surface area contributed by atoms with E-state index in [1.165, 1.54) is 0 Å². The van der Waals surface area contributed by atoms with Crippen LogP contribution in [0.3, 0.4) is 0 Å². The number of anilines is 2. The van der Waals surface area contributed by atoms with E-state index in [1.54, 1.807) is 31.4 Å². The molecule has 1 fully saturated rings. The quantitative estimate of drug-likeness (QED) is 0.326. The summed E-state index contributed by atoms with van der Waals surface area (Å²) in [5.41, 5.74) is 5.95. The lowest BCUT2D eigenvalue weighted by Crippen LogP contribution is -2.72. The first-order valence-electron chi connectivity index (χ1n) is 14.9. The first kappa shape index (κ1) is 27.2. The number of ketones is 2. The van der Waals surface area contributed by atoms with Crippen molar-refractivity contribution >= 4 is 34.3 Å². The van der Waals surface area contributed by atoms with Crippen molar-refractivity contribution in [3.8, 4) is 11.5 Å². The molecule has 2 aliphatic heterocycles. The van der Waals surface area contributed by atoms with E-state index in [0.29, 0.717) is 45.9 Å². The maximum atomic E-state index is 13.9. The molecule has 218 valence electrons. The molecule has 1 saturated heterocycles. The van der Waals surface area contributed by atoms with Crippen molar-refractivity contribution in [3.05, 3.63) is 101 Å². The second kappa shape index (κ2) is 11.2. The number of nitrogens with zero attached hydrogens (tertiary/aromatic N) is 2. The molecule has 2 N–H and O–H groups in total. The molecule has 2 heterocycles. The van der Waals surface area contributed by atoms with E-state index in [2.05, 4.69) is 26.2 Å². The van der Waals surface area contributed by atoms with Gasteiger partial charge in [-0.2, -0.15) is 0 Å². The Morgan fingerprint density at radius 2 is 1.70 bits per heavy atom. The summed E-state index contributed by atoms with van der Waals surface area (Å²) in [6, 6.07) is 17.1. The van der Waals surface area contributed by atoms with Crippen LogP contribution in [0.4, 0.5) is 17.1 Å². The smallest absolute Gasteiger partial charge is 0.258 e. The monoisotopic (exact) mass is 575 g/mol. The molecule has 0 amide bonds. The van der Waals surface area contributed by atoms with E-state index in [9.17, 15) is 9.59 Å². The lowest BCUT2D eigenvalue weighted by molar-refractivity contribution is -0.362. The van der Waals surface area contributed by atoms with E-state index in [0.717, 1.165) is 61.9 Å². The largest absolute Gasteiger partial charge is 0.495 e. The molecule has 2 aliphatic carbocycles. The molecule has 1 atom stereocenters. The van der Waals surface area contributed by atoms with Gasteiger partial charge in [0.2, 0.25) is 17.6 Å². The van der Waals surface area contributed by atoms with Crippen molar-refractivity contribution < 1.29 is 24.1 Å². The van der Waals surface area contributed by atoms with Crippen LogP contribution in [-0.2, 0) is 0 Å². The van der Waals surface area contributed by atoms with Crippen molar-refractivity contribution in [3.63, 3.8) is 0 Å². The highest BCUT2D eigenvalue weighted by molar-refractivity contribution is 6.32. The Labute approximate surface area is 251 Å². The van der Waals surface area contributed by atoms with Gasteiger partial charge in [-0.3, -0.25) is 14.5 Å².